The summed E-state index contributed by atoms with van der Waals surface area (Å²) in [4.78, 5) is 43.2. The van der Waals surface area contributed by atoms with Crippen LogP contribution in [0.2, 0.25) is 0 Å². The number of carbonyl (C=O) groups excluding carboxylic acids is 3. The minimum Gasteiger partial charge on any atom is -0.493 e. The van der Waals surface area contributed by atoms with Crippen LogP contribution in [0.15, 0.2) is 63.8 Å². The normalized spacial score (nSPS) is 18.4. The molecule has 38 heavy (non-hydrogen) atoms. The van der Waals surface area contributed by atoms with Crippen molar-refractivity contribution in [1.82, 2.24) is 15.1 Å². The highest BCUT2D eigenvalue weighted by Crippen LogP contribution is 2.39. The molecule has 1 aromatic carbocycles. The van der Waals surface area contributed by atoms with E-state index < -0.39 is 17.7 Å². The molecule has 200 valence electrons. The summed E-state index contributed by atoms with van der Waals surface area (Å²) in [5.41, 5.74) is -0.588. The van der Waals surface area contributed by atoms with E-state index in [2.05, 4.69) is 5.32 Å². The van der Waals surface area contributed by atoms with Crippen LogP contribution in [0.3, 0.4) is 0 Å². The van der Waals surface area contributed by atoms with E-state index in [4.69, 9.17) is 23.0 Å². The van der Waals surface area contributed by atoms with Crippen molar-refractivity contribution in [3.05, 3.63) is 72.1 Å². The van der Waals surface area contributed by atoms with Crippen LogP contribution in [-0.2, 0) is 16.1 Å². The minimum atomic E-state index is -1.05. The molecule has 2 saturated heterocycles. The summed E-state index contributed by atoms with van der Waals surface area (Å²) < 4.78 is 27.4. The molecular weight excluding hydrogens is 494 g/mol. The zero-order valence-corrected chi connectivity index (χ0v) is 21.2. The second kappa shape index (κ2) is 10.6. The lowest BCUT2D eigenvalue weighted by atomic mass is 9.96. The largest absolute Gasteiger partial charge is 0.493 e. The maximum atomic E-state index is 13.5. The predicted molar refractivity (Wildman–Crippen MR) is 133 cm³/mol. The van der Waals surface area contributed by atoms with Gasteiger partial charge in [-0.15, -0.1) is 0 Å². The Morgan fingerprint density at radius 3 is 2.37 bits per heavy atom. The van der Waals surface area contributed by atoms with Crippen molar-refractivity contribution >= 4 is 17.7 Å². The van der Waals surface area contributed by atoms with E-state index in [0.29, 0.717) is 48.8 Å². The Kier molecular flexibility index (Phi) is 7.10. The number of nitrogens with zero attached hydrogens (tertiary/aromatic N) is 2. The molecule has 2 fully saturated rings. The summed E-state index contributed by atoms with van der Waals surface area (Å²) >= 11 is 0. The fourth-order valence-corrected chi connectivity index (χ4v) is 5.00. The number of amides is 3. The molecule has 2 aliphatic heterocycles. The Bertz CT molecular complexity index is 1280. The first-order chi connectivity index (χ1) is 18.5. The SMILES string of the molecule is COc1ccc(C(=O)N2CCC3(CC2)OC[C@@H](C(=O)NCc2ccco2)N3C(=O)c2ccco2)cc1OC. The summed E-state index contributed by atoms with van der Waals surface area (Å²) in [6, 6.07) is 10.8. The first kappa shape index (κ1) is 25.4. The lowest BCUT2D eigenvalue weighted by molar-refractivity contribution is -0.128. The van der Waals surface area contributed by atoms with Gasteiger partial charge in [-0.25, -0.2) is 0 Å². The molecule has 2 aromatic heterocycles. The highest BCUT2D eigenvalue weighted by atomic mass is 16.5. The van der Waals surface area contributed by atoms with Crippen LogP contribution in [-0.4, -0.2) is 73.2 Å². The number of methoxy groups -OCH3 is 2. The van der Waals surface area contributed by atoms with Gasteiger partial charge in [0.1, 0.15) is 17.5 Å². The van der Waals surface area contributed by atoms with Crippen molar-refractivity contribution < 1.29 is 37.4 Å². The van der Waals surface area contributed by atoms with Gasteiger partial charge in [-0.3, -0.25) is 19.3 Å². The van der Waals surface area contributed by atoms with Crippen LogP contribution < -0.4 is 14.8 Å². The maximum Gasteiger partial charge on any atom is 0.292 e. The van der Waals surface area contributed by atoms with E-state index in [9.17, 15) is 14.4 Å². The average Bonchev–Trinajstić information content (AvgIpc) is 3.73. The number of ether oxygens (including phenoxy) is 3. The first-order valence-corrected chi connectivity index (χ1v) is 12.3. The summed E-state index contributed by atoms with van der Waals surface area (Å²) in [6.07, 6.45) is 3.60. The molecule has 0 aliphatic carbocycles. The molecule has 0 radical (unpaired) electrons. The summed E-state index contributed by atoms with van der Waals surface area (Å²) in [7, 11) is 3.05. The Balaban J connectivity index is 1.33. The molecule has 11 nitrogen and oxygen atoms in total. The van der Waals surface area contributed by atoms with Crippen molar-refractivity contribution in [1.29, 1.82) is 0 Å². The quantitative estimate of drug-likeness (QED) is 0.501. The van der Waals surface area contributed by atoms with Gasteiger partial charge < -0.3 is 33.3 Å². The number of hydrogen-bond donors (Lipinski definition) is 1. The van der Waals surface area contributed by atoms with Crippen LogP contribution in [0.4, 0.5) is 0 Å². The van der Waals surface area contributed by atoms with Crippen molar-refractivity contribution in [2.75, 3.05) is 33.9 Å². The molecule has 1 N–H and O–H groups in total. The topological polar surface area (TPSA) is 124 Å². The second-order valence-corrected chi connectivity index (χ2v) is 9.08. The summed E-state index contributed by atoms with van der Waals surface area (Å²) in [5, 5.41) is 2.82. The van der Waals surface area contributed by atoms with E-state index in [1.54, 1.807) is 47.4 Å². The number of piperidine rings is 1. The third-order valence-corrected chi connectivity index (χ3v) is 6.99. The Hall–Kier alpha value is -4.25. The number of nitrogens with one attached hydrogen (secondary N) is 1. The molecule has 11 heteroatoms. The van der Waals surface area contributed by atoms with Gasteiger partial charge in [0.05, 0.1) is 39.9 Å². The zero-order valence-electron chi connectivity index (χ0n) is 21.2. The lowest BCUT2D eigenvalue weighted by Gasteiger charge is -2.44. The third-order valence-electron chi connectivity index (χ3n) is 6.99. The maximum absolute atomic E-state index is 13.5. The van der Waals surface area contributed by atoms with Crippen LogP contribution in [0.1, 0.15) is 39.5 Å². The van der Waals surface area contributed by atoms with Gasteiger partial charge in [0.2, 0.25) is 5.91 Å². The molecule has 0 unspecified atom stereocenters. The van der Waals surface area contributed by atoms with E-state index in [1.807, 2.05) is 0 Å². The Morgan fingerprint density at radius 1 is 0.974 bits per heavy atom. The van der Waals surface area contributed by atoms with Gasteiger partial charge in [-0.05, 0) is 42.5 Å². The number of hydrogen-bond acceptors (Lipinski definition) is 8. The number of furan rings is 2. The van der Waals surface area contributed by atoms with E-state index in [-0.39, 0.29) is 30.7 Å². The number of carbonyl (C=O) groups is 3. The van der Waals surface area contributed by atoms with Crippen LogP contribution >= 0.6 is 0 Å². The Labute approximate surface area is 219 Å². The third kappa shape index (κ3) is 4.72. The zero-order chi connectivity index (χ0) is 26.7. The predicted octanol–water partition coefficient (Wildman–Crippen LogP) is 2.68. The molecule has 5 rings (SSSR count). The van der Waals surface area contributed by atoms with Crippen molar-refractivity contribution in [2.24, 2.45) is 0 Å². The number of rotatable bonds is 7. The lowest BCUT2D eigenvalue weighted by Crippen LogP contribution is -2.59. The minimum absolute atomic E-state index is 0.0278. The van der Waals surface area contributed by atoms with E-state index in [1.165, 1.54) is 31.6 Å². The van der Waals surface area contributed by atoms with E-state index in [0.717, 1.165) is 0 Å². The molecule has 3 amide bonds. The molecular formula is C27H29N3O8. The van der Waals surface area contributed by atoms with E-state index >= 15 is 0 Å². The molecule has 1 atom stereocenters. The average molecular weight is 524 g/mol. The van der Waals surface area contributed by atoms with Crippen molar-refractivity contribution in [3.8, 4) is 11.5 Å². The molecule has 2 aliphatic rings. The van der Waals surface area contributed by atoms with Gasteiger partial charge in [-0.1, -0.05) is 0 Å². The van der Waals surface area contributed by atoms with Gasteiger partial charge in [0.25, 0.3) is 11.8 Å². The highest BCUT2D eigenvalue weighted by Gasteiger charge is 2.54. The number of benzene rings is 1. The molecule has 3 aromatic rings. The molecule has 0 saturated carbocycles. The van der Waals surface area contributed by atoms with Gasteiger partial charge >= 0.3 is 0 Å². The number of likely N-dealkylation sites (tertiary alicyclic amines) is 1. The Morgan fingerprint density at radius 2 is 1.71 bits per heavy atom. The molecule has 1 spiro atoms. The van der Waals surface area contributed by atoms with Crippen LogP contribution in [0.5, 0.6) is 11.5 Å². The van der Waals surface area contributed by atoms with Crippen molar-refractivity contribution in [3.63, 3.8) is 0 Å². The monoisotopic (exact) mass is 523 g/mol. The van der Waals surface area contributed by atoms with Crippen molar-refractivity contribution in [2.45, 2.75) is 31.2 Å². The second-order valence-electron chi connectivity index (χ2n) is 9.08. The fourth-order valence-electron chi connectivity index (χ4n) is 5.00. The fraction of sp³-hybridized carbons (Fsp3) is 0.370. The van der Waals surface area contributed by atoms with Crippen LogP contribution in [0, 0.1) is 0 Å². The van der Waals surface area contributed by atoms with Gasteiger partial charge in [0.15, 0.2) is 17.3 Å². The van der Waals surface area contributed by atoms with Gasteiger partial charge in [-0.2, -0.15) is 0 Å². The standard InChI is InChI=1S/C27H29N3O8/c1-34-21-8-7-18(15-23(21)35-2)25(32)29-11-9-27(10-12-29)30(26(33)22-6-4-14-37-22)20(17-38-27)24(31)28-16-19-5-3-13-36-19/h3-8,13-15,20H,9-12,16-17H2,1-2H3,(H,28,31)/t20-/m0/s1. The summed E-state index contributed by atoms with van der Waals surface area (Å²) in [5.74, 6) is 0.734. The first-order valence-electron chi connectivity index (χ1n) is 12.3. The summed E-state index contributed by atoms with van der Waals surface area (Å²) in [6.45, 7) is 0.872. The highest BCUT2D eigenvalue weighted by molar-refractivity contribution is 5.97. The smallest absolute Gasteiger partial charge is 0.292 e. The molecule has 0 bridgehead atoms. The van der Waals surface area contributed by atoms with Gasteiger partial charge in [0, 0.05) is 31.5 Å². The van der Waals surface area contributed by atoms with Crippen LogP contribution in [0.25, 0.3) is 0 Å². The molecule has 4 heterocycles.